The minimum atomic E-state index is -3.56. The second kappa shape index (κ2) is 8.60. The van der Waals surface area contributed by atoms with E-state index in [1.807, 2.05) is 67.6 Å². The maximum Gasteiger partial charge on any atom is 0.335 e. The summed E-state index contributed by atoms with van der Waals surface area (Å²) in [5.74, 6) is 0. The fourth-order valence-corrected chi connectivity index (χ4v) is 7.01. The second-order valence-electron chi connectivity index (χ2n) is 7.72. The maximum atomic E-state index is 14.9. The van der Waals surface area contributed by atoms with Crippen molar-refractivity contribution in [2.45, 2.75) is 27.3 Å². The molecule has 0 saturated carbocycles. The number of benzene rings is 3. The number of hydrogen-bond acceptors (Lipinski definition) is 3. The molecule has 1 aromatic heterocycles. The molecule has 3 aromatic carbocycles. The lowest BCUT2D eigenvalue weighted by Crippen LogP contribution is -2.50. The average molecular weight is 444 g/mol. The van der Waals surface area contributed by atoms with Gasteiger partial charge in [-0.15, -0.1) is 0 Å². The second-order valence-corrected chi connectivity index (χ2v) is 10.4. The highest BCUT2D eigenvalue weighted by atomic mass is 31.2. The molecule has 0 unspecified atom stereocenters. The molecule has 0 aliphatic carbocycles. The molecule has 6 heteroatoms. The molecule has 0 aliphatic rings. The van der Waals surface area contributed by atoms with Gasteiger partial charge in [0.15, 0.2) is 7.14 Å². The van der Waals surface area contributed by atoms with Crippen LogP contribution < -0.4 is 27.2 Å². The molecule has 0 saturated heterocycles. The van der Waals surface area contributed by atoms with Gasteiger partial charge in [0.25, 0.3) is 5.56 Å². The van der Waals surface area contributed by atoms with E-state index in [-0.39, 0.29) is 11.8 Å². The molecule has 0 fully saturated rings. The third kappa shape index (κ3) is 3.49. The molecule has 0 amide bonds. The first-order chi connectivity index (χ1) is 15.4. The topological polar surface area (TPSA) is 61.1 Å². The summed E-state index contributed by atoms with van der Waals surface area (Å²) in [7, 11) is -3.56. The van der Waals surface area contributed by atoms with Crippen molar-refractivity contribution in [1.82, 2.24) is 9.13 Å². The van der Waals surface area contributed by atoms with E-state index in [9.17, 15) is 14.2 Å². The molecule has 0 N–H and O–H groups in total. The highest BCUT2D eigenvalue weighted by Crippen LogP contribution is 2.42. The van der Waals surface area contributed by atoms with Crippen molar-refractivity contribution in [2.24, 2.45) is 0 Å². The Morgan fingerprint density at radius 2 is 1.25 bits per heavy atom. The number of hydrogen-bond donors (Lipinski definition) is 0. The molecular weight excluding hydrogens is 419 g/mol. The summed E-state index contributed by atoms with van der Waals surface area (Å²) < 4.78 is 17.6. The van der Waals surface area contributed by atoms with E-state index in [1.165, 1.54) is 9.13 Å². The van der Waals surface area contributed by atoms with Crippen molar-refractivity contribution >= 4 is 23.1 Å². The van der Waals surface area contributed by atoms with Crippen LogP contribution in [0, 0.1) is 13.8 Å². The van der Waals surface area contributed by atoms with Gasteiger partial charge in [0.1, 0.15) is 5.30 Å². The van der Waals surface area contributed by atoms with E-state index < -0.39 is 18.4 Å². The van der Waals surface area contributed by atoms with Gasteiger partial charge < -0.3 is 4.57 Å². The first-order valence-corrected chi connectivity index (χ1v) is 12.3. The molecular formula is C26H25N2O3P. The Kier molecular flexibility index (Phi) is 5.86. The van der Waals surface area contributed by atoms with Crippen molar-refractivity contribution in [3.63, 3.8) is 0 Å². The quantitative estimate of drug-likeness (QED) is 0.444. The molecule has 32 heavy (non-hydrogen) atoms. The number of aryl methyl sites for hydroxylation is 1. The molecule has 0 aliphatic heterocycles. The van der Waals surface area contributed by atoms with Crippen LogP contribution in [0.4, 0.5) is 0 Å². The Bertz CT molecular complexity index is 1380. The third-order valence-corrected chi connectivity index (χ3v) is 8.91. The van der Waals surface area contributed by atoms with E-state index in [0.717, 1.165) is 5.56 Å². The predicted molar refractivity (Wildman–Crippen MR) is 131 cm³/mol. The Labute approximate surface area is 187 Å². The van der Waals surface area contributed by atoms with Crippen LogP contribution in [0.15, 0.2) is 94.5 Å². The molecule has 5 nitrogen and oxygen atoms in total. The van der Waals surface area contributed by atoms with Gasteiger partial charge in [-0.3, -0.25) is 13.9 Å². The van der Waals surface area contributed by atoms with Gasteiger partial charge >= 0.3 is 5.69 Å². The van der Waals surface area contributed by atoms with Crippen molar-refractivity contribution in [1.29, 1.82) is 0 Å². The zero-order chi connectivity index (χ0) is 22.9. The zero-order valence-corrected chi connectivity index (χ0v) is 19.3. The smallest absolute Gasteiger partial charge is 0.308 e. The van der Waals surface area contributed by atoms with Crippen LogP contribution in [0.25, 0.3) is 5.69 Å². The molecule has 0 radical (unpaired) electrons. The summed E-state index contributed by atoms with van der Waals surface area (Å²) >= 11 is 0. The van der Waals surface area contributed by atoms with Gasteiger partial charge in [-0.1, -0.05) is 78.4 Å². The van der Waals surface area contributed by atoms with Crippen LogP contribution in [0.5, 0.6) is 0 Å². The van der Waals surface area contributed by atoms with Gasteiger partial charge in [-0.2, -0.15) is 0 Å². The molecule has 0 bridgehead atoms. The summed E-state index contributed by atoms with van der Waals surface area (Å²) in [5, 5.41) is 1.28. The number of aromatic nitrogens is 2. The highest BCUT2D eigenvalue weighted by Gasteiger charge is 2.36. The van der Waals surface area contributed by atoms with E-state index >= 15 is 0 Å². The largest absolute Gasteiger partial charge is 0.335 e. The summed E-state index contributed by atoms with van der Waals surface area (Å²) in [6, 6.07) is 25.6. The molecule has 0 atom stereocenters. The fraction of sp³-hybridized carbons (Fsp3) is 0.154. The summed E-state index contributed by atoms with van der Waals surface area (Å²) in [6.07, 6.45) is 0. The minimum absolute atomic E-state index is 0.164. The van der Waals surface area contributed by atoms with Crippen LogP contribution in [0.2, 0.25) is 0 Å². The van der Waals surface area contributed by atoms with E-state index in [0.29, 0.717) is 22.0 Å². The van der Waals surface area contributed by atoms with E-state index in [1.54, 1.807) is 38.1 Å². The van der Waals surface area contributed by atoms with E-state index in [2.05, 4.69) is 0 Å². The first-order valence-electron chi connectivity index (χ1n) is 10.5. The SMILES string of the molecule is CCn1c(=O)c(P(=O)(c2ccccc2)c2ccccc2)c(C)n(-c2ccc(C)cc2)c1=O. The van der Waals surface area contributed by atoms with Crippen molar-refractivity contribution in [3.8, 4) is 5.69 Å². The van der Waals surface area contributed by atoms with Gasteiger partial charge in [0.05, 0.1) is 5.69 Å². The lowest BCUT2D eigenvalue weighted by molar-refractivity contribution is 0.590. The molecule has 4 rings (SSSR count). The van der Waals surface area contributed by atoms with Crippen molar-refractivity contribution in [3.05, 3.63) is 117 Å². The van der Waals surface area contributed by atoms with Gasteiger partial charge in [-0.05, 0) is 32.9 Å². The standard InChI is InChI=1S/C26H25N2O3P/c1-4-27-25(29)24(20(3)28(26(27)30)21-17-15-19(2)16-18-21)32(31,22-11-7-5-8-12-22)23-13-9-6-10-14-23/h5-18H,4H2,1-3H3. The van der Waals surface area contributed by atoms with Crippen LogP contribution >= 0.6 is 7.14 Å². The highest BCUT2D eigenvalue weighted by molar-refractivity contribution is 7.85. The van der Waals surface area contributed by atoms with Crippen molar-refractivity contribution in [2.75, 3.05) is 0 Å². The summed E-state index contributed by atoms with van der Waals surface area (Å²) in [4.78, 5) is 27.0. The van der Waals surface area contributed by atoms with E-state index in [4.69, 9.17) is 0 Å². The molecule has 162 valence electrons. The maximum absolute atomic E-state index is 14.9. The Morgan fingerprint density at radius 3 is 1.72 bits per heavy atom. The van der Waals surface area contributed by atoms with Crippen LogP contribution in [-0.4, -0.2) is 9.13 Å². The van der Waals surface area contributed by atoms with Crippen LogP contribution in [0.3, 0.4) is 0 Å². The monoisotopic (exact) mass is 444 g/mol. The van der Waals surface area contributed by atoms with Gasteiger partial charge in [0.2, 0.25) is 0 Å². The number of rotatable bonds is 5. The molecule has 4 aromatic rings. The average Bonchev–Trinajstić information content (AvgIpc) is 2.81. The summed E-state index contributed by atoms with van der Waals surface area (Å²) in [6.45, 7) is 5.60. The molecule has 1 heterocycles. The van der Waals surface area contributed by atoms with Crippen LogP contribution in [0.1, 0.15) is 18.2 Å². The fourth-order valence-electron chi connectivity index (χ4n) is 4.06. The Balaban J connectivity index is 2.17. The first kappa shape index (κ1) is 21.8. The zero-order valence-electron chi connectivity index (χ0n) is 18.4. The lowest BCUT2D eigenvalue weighted by atomic mass is 10.2. The lowest BCUT2D eigenvalue weighted by Gasteiger charge is -2.24. The van der Waals surface area contributed by atoms with Gasteiger partial charge in [-0.25, -0.2) is 4.79 Å². The number of nitrogens with zero attached hydrogens (tertiary/aromatic N) is 2. The van der Waals surface area contributed by atoms with Crippen molar-refractivity contribution < 1.29 is 4.57 Å². The van der Waals surface area contributed by atoms with Crippen LogP contribution in [-0.2, 0) is 11.1 Å². The predicted octanol–water partition coefficient (Wildman–Crippen LogP) is 3.28. The summed E-state index contributed by atoms with van der Waals surface area (Å²) in [5.41, 5.74) is 1.14. The normalized spacial score (nSPS) is 11.5. The molecule has 0 spiro atoms. The Morgan fingerprint density at radius 1 is 0.750 bits per heavy atom. The Hall–Kier alpha value is -3.43. The third-order valence-electron chi connectivity index (χ3n) is 5.71. The van der Waals surface area contributed by atoms with Gasteiger partial charge in [0, 0.05) is 22.8 Å². The minimum Gasteiger partial charge on any atom is -0.308 e.